The molecule has 0 fully saturated rings. The quantitative estimate of drug-likeness (QED) is 0.367. The van der Waals surface area contributed by atoms with Gasteiger partial charge in [-0.15, -0.1) is 0 Å². The van der Waals surface area contributed by atoms with E-state index >= 15 is 0 Å². The van der Waals surface area contributed by atoms with Gasteiger partial charge in [0.15, 0.2) is 0 Å². The lowest BCUT2D eigenvalue weighted by Crippen LogP contribution is -2.27. The van der Waals surface area contributed by atoms with Crippen LogP contribution in [0, 0.1) is 0 Å². The van der Waals surface area contributed by atoms with E-state index in [1.54, 1.807) is 0 Å². The van der Waals surface area contributed by atoms with Crippen molar-refractivity contribution in [1.82, 2.24) is 5.32 Å². The molecule has 0 aromatic rings. The van der Waals surface area contributed by atoms with Crippen LogP contribution >= 0.6 is 0 Å². The van der Waals surface area contributed by atoms with Gasteiger partial charge in [0.2, 0.25) is 0 Å². The molecule has 0 aliphatic heterocycles. The summed E-state index contributed by atoms with van der Waals surface area (Å²) in [7, 11) is 0. The fourth-order valence-corrected chi connectivity index (χ4v) is 0.689. The monoisotopic (exact) mass is 183 g/mol. The van der Waals surface area contributed by atoms with Crippen LogP contribution in [0.3, 0.4) is 0 Å². The third kappa shape index (κ3) is 6.11. The maximum atomic E-state index is 11.1. The first-order chi connectivity index (χ1) is 6.22. The lowest BCUT2D eigenvalue weighted by atomic mass is 10.3. The molecule has 74 valence electrons. The molecule has 0 unspecified atom stereocenters. The number of carbonyl (C=O) groups is 1. The van der Waals surface area contributed by atoms with Gasteiger partial charge in [-0.1, -0.05) is 26.2 Å². The Morgan fingerprint density at radius 3 is 2.77 bits per heavy atom. The van der Waals surface area contributed by atoms with Gasteiger partial charge in [0.25, 0.3) is 5.91 Å². The molecule has 0 radical (unpaired) electrons. The van der Waals surface area contributed by atoms with Crippen LogP contribution in [-0.4, -0.2) is 25.7 Å². The van der Waals surface area contributed by atoms with Crippen LogP contribution in [0.2, 0.25) is 0 Å². The Bertz CT molecular complexity index is 187. The molecule has 0 aromatic heterocycles. The molecule has 0 saturated heterocycles. The van der Waals surface area contributed by atoms with E-state index in [1.165, 1.54) is 6.08 Å². The van der Waals surface area contributed by atoms with Gasteiger partial charge >= 0.3 is 0 Å². The predicted octanol–water partition coefficient (Wildman–Crippen LogP) is 1.27. The van der Waals surface area contributed by atoms with Crippen molar-refractivity contribution in [1.29, 1.82) is 0 Å². The predicted molar refractivity (Wildman–Crippen MR) is 53.5 cm³/mol. The molecule has 0 heterocycles. The average molecular weight is 183 g/mol. The molecule has 13 heavy (non-hydrogen) atoms. The maximum Gasteiger partial charge on any atom is 0.250 e. The summed E-state index contributed by atoms with van der Waals surface area (Å²) in [6.07, 6.45) is 2.43. The van der Waals surface area contributed by atoms with Crippen LogP contribution in [0.15, 0.2) is 24.8 Å². The fourth-order valence-electron chi connectivity index (χ4n) is 0.689. The van der Waals surface area contributed by atoms with E-state index in [-0.39, 0.29) is 5.91 Å². The van der Waals surface area contributed by atoms with E-state index in [0.717, 1.165) is 13.0 Å². The van der Waals surface area contributed by atoms with Gasteiger partial charge in [-0.3, -0.25) is 4.79 Å². The van der Waals surface area contributed by atoms with Crippen LogP contribution in [0.5, 0.6) is 0 Å². The number of carbonyl (C=O) groups excluding carboxylic acids is 1. The number of rotatable bonds is 7. The van der Waals surface area contributed by atoms with Crippen molar-refractivity contribution < 1.29 is 9.53 Å². The molecule has 0 aromatic carbocycles. The Balaban J connectivity index is 3.37. The second-order valence-corrected chi connectivity index (χ2v) is 2.60. The van der Waals surface area contributed by atoms with Crippen molar-refractivity contribution >= 4 is 5.91 Å². The lowest BCUT2D eigenvalue weighted by molar-refractivity contribution is -0.117. The fraction of sp³-hybridized carbons (Fsp3) is 0.500. The summed E-state index contributed by atoms with van der Waals surface area (Å²) in [6, 6.07) is 0. The summed E-state index contributed by atoms with van der Waals surface area (Å²) in [6.45, 7) is 10.8. The molecule has 1 amide bonds. The van der Waals surface area contributed by atoms with E-state index in [9.17, 15) is 4.79 Å². The molecule has 0 saturated carbocycles. The summed E-state index contributed by atoms with van der Waals surface area (Å²) < 4.78 is 5.18. The largest absolute Gasteiger partial charge is 0.380 e. The Labute approximate surface area is 79.5 Å². The summed E-state index contributed by atoms with van der Waals surface area (Å²) in [5, 5.41) is 2.66. The topological polar surface area (TPSA) is 38.3 Å². The minimum absolute atomic E-state index is 0.185. The number of ether oxygens (including phenoxy) is 1. The SMILES string of the molecule is C=CC(=C)C(=O)NCCOCCC. The highest BCUT2D eigenvalue weighted by molar-refractivity contribution is 5.95. The van der Waals surface area contributed by atoms with Crippen molar-refractivity contribution in [2.24, 2.45) is 0 Å². The second kappa shape index (κ2) is 7.55. The standard InChI is InChI=1S/C10H17NO2/c1-4-7-13-8-6-11-10(12)9(3)5-2/h5H,2-4,6-8H2,1H3,(H,11,12). The van der Waals surface area contributed by atoms with E-state index < -0.39 is 0 Å². The van der Waals surface area contributed by atoms with Crippen molar-refractivity contribution in [3.8, 4) is 0 Å². The average Bonchev–Trinajstić information content (AvgIpc) is 2.16. The van der Waals surface area contributed by atoms with Crippen LogP contribution in [0.25, 0.3) is 0 Å². The van der Waals surface area contributed by atoms with Gasteiger partial charge in [-0.25, -0.2) is 0 Å². The Hall–Kier alpha value is -1.09. The minimum atomic E-state index is -0.185. The van der Waals surface area contributed by atoms with Crippen molar-refractivity contribution in [3.63, 3.8) is 0 Å². The number of hydrogen-bond acceptors (Lipinski definition) is 2. The highest BCUT2D eigenvalue weighted by atomic mass is 16.5. The first-order valence-corrected chi connectivity index (χ1v) is 4.39. The molecule has 1 N–H and O–H groups in total. The zero-order valence-electron chi connectivity index (χ0n) is 8.14. The second-order valence-electron chi connectivity index (χ2n) is 2.60. The first-order valence-electron chi connectivity index (χ1n) is 4.39. The van der Waals surface area contributed by atoms with Crippen molar-refractivity contribution in [2.75, 3.05) is 19.8 Å². The van der Waals surface area contributed by atoms with Crippen LogP contribution < -0.4 is 5.32 Å². The zero-order valence-corrected chi connectivity index (χ0v) is 8.14. The van der Waals surface area contributed by atoms with E-state index in [4.69, 9.17) is 4.74 Å². The molecule has 0 spiro atoms. The number of hydrogen-bond donors (Lipinski definition) is 1. The van der Waals surface area contributed by atoms with Gasteiger partial charge in [0.05, 0.1) is 6.61 Å². The highest BCUT2D eigenvalue weighted by Crippen LogP contribution is 1.89. The number of nitrogens with one attached hydrogen (secondary N) is 1. The molecular weight excluding hydrogens is 166 g/mol. The van der Waals surface area contributed by atoms with E-state index in [0.29, 0.717) is 18.7 Å². The third-order valence-electron chi connectivity index (χ3n) is 1.42. The minimum Gasteiger partial charge on any atom is -0.380 e. The summed E-state index contributed by atoms with van der Waals surface area (Å²) in [5.41, 5.74) is 0.385. The van der Waals surface area contributed by atoms with Crippen LogP contribution in [0.4, 0.5) is 0 Å². The molecule has 0 rings (SSSR count). The molecular formula is C10H17NO2. The van der Waals surface area contributed by atoms with E-state index in [1.807, 2.05) is 6.92 Å². The lowest BCUT2D eigenvalue weighted by Gasteiger charge is -2.04. The van der Waals surface area contributed by atoms with Crippen LogP contribution in [-0.2, 0) is 9.53 Å². The number of amides is 1. The first kappa shape index (κ1) is 11.9. The van der Waals surface area contributed by atoms with Gasteiger partial charge in [0.1, 0.15) is 0 Å². The summed E-state index contributed by atoms with van der Waals surface area (Å²) in [5.74, 6) is -0.185. The summed E-state index contributed by atoms with van der Waals surface area (Å²) in [4.78, 5) is 11.1. The molecule has 0 atom stereocenters. The van der Waals surface area contributed by atoms with Gasteiger partial charge < -0.3 is 10.1 Å². The van der Waals surface area contributed by atoms with Crippen molar-refractivity contribution in [2.45, 2.75) is 13.3 Å². The molecule has 0 bridgehead atoms. The van der Waals surface area contributed by atoms with Crippen molar-refractivity contribution in [3.05, 3.63) is 24.8 Å². The Kier molecular flexibility index (Phi) is 6.92. The molecule has 3 heteroatoms. The highest BCUT2D eigenvalue weighted by Gasteiger charge is 2.00. The Morgan fingerprint density at radius 2 is 2.23 bits per heavy atom. The zero-order chi connectivity index (χ0) is 10.1. The molecule has 0 aliphatic rings. The molecule has 0 aliphatic carbocycles. The maximum absolute atomic E-state index is 11.1. The normalized spacial score (nSPS) is 9.31. The van der Waals surface area contributed by atoms with Gasteiger partial charge in [0, 0.05) is 18.7 Å². The van der Waals surface area contributed by atoms with E-state index in [2.05, 4.69) is 18.5 Å². The van der Waals surface area contributed by atoms with Gasteiger partial charge in [-0.05, 0) is 6.42 Å². The smallest absolute Gasteiger partial charge is 0.250 e. The third-order valence-corrected chi connectivity index (χ3v) is 1.42. The van der Waals surface area contributed by atoms with Crippen LogP contribution in [0.1, 0.15) is 13.3 Å². The Morgan fingerprint density at radius 1 is 1.54 bits per heavy atom. The summed E-state index contributed by atoms with van der Waals surface area (Å²) >= 11 is 0. The molecule has 3 nitrogen and oxygen atoms in total. The van der Waals surface area contributed by atoms with Gasteiger partial charge in [-0.2, -0.15) is 0 Å².